The highest BCUT2D eigenvalue weighted by Gasteiger charge is 2.40. The first-order chi connectivity index (χ1) is 16.2. The lowest BCUT2D eigenvalue weighted by Gasteiger charge is -2.29. The fourth-order valence-corrected chi connectivity index (χ4v) is 4.27. The van der Waals surface area contributed by atoms with Crippen molar-refractivity contribution in [3.8, 4) is 16.9 Å². The van der Waals surface area contributed by atoms with Gasteiger partial charge in [-0.2, -0.15) is 13.2 Å². The summed E-state index contributed by atoms with van der Waals surface area (Å²) in [5.41, 5.74) is 1.28. The van der Waals surface area contributed by atoms with Gasteiger partial charge in [0.05, 0.1) is 16.5 Å². The summed E-state index contributed by atoms with van der Waals surface area (Å²) in [4.78, 5) is 15.3. The standard InChI is InChI=1S/C26H19ClF3NO3/c1-15-2-4-16(5-3-15)12-31-13-20-21(33-14-31)11-10-19-23(32)22(17-6-8-18(27)9-7-17)25(26(28,29)30)34-24(19)20/h2-11H,12-14H2,1H3. The van der Waals surface area contributed by atoms with E-state index in [2.05, 4.69) is 0 Å². The molecule has 0 radical (unpaired) electrons. The van der Waals surface area contributed by atoms with Crippen molar-refractivity contribution in [3.63, 3.8) is 0 Å². The number of rotatable bonds is 3. The van der Waals surface area contributed by atoms with Gasteiger partial charge in [0.2, 0.25) is 11.2 Å². The van der Waals surface area contributed by atoms with E-state index in [0.29, 0.717) is 22.9 Å². The first kappa shape index (κ1) is 22.5. The summed E-state index contributed by atoms with van der Waals surface area (Å²) in [6.07, 6.45) is -4.87. The minimum atomic E-state index is -4.87. The molecule has 0 aliphatic carbocycles. The molecule has 4 nitrogen and oxygen atoms in total. The van der Waals surface area contributed by atoms with Crippen molar-refractivity contribution in [2.24, 2.45) is 0 Å². The second-order valence-corrected chi connectivity index (χ2v) is 8.74. The van der Waals surface area contributed by atoms with Gasteiger partial charge in [-0.1, -0.05) is 53.6 Å². The Balaban J connectivity index is 1.63. The van der Waals surface area contributed by atoms with Crippen molar-refractivity contribution in [2.75, 3.05) is 6.73 Å². The summed E-state index contributed by atoms with van der Waals surface area (Å²) in [6, 6.07) is 16.7. The van der Waals surface area contributed by atoms with Gasteiger partial charge in [-0.05, 0) is 42.3 Å². The molecule has 0 atom stereocenters. The highest BCUT2D eigenvalue weighted by Crippen LogP contribution is 2.40. The Bertz CT molecular complexity index is 1430. The minimum absolute atomic E-state index is 0.0671. The van der Waals surface area contributed by atoms with Gasteiger partial charge < -0.3 is 9.15 Å². The van der Waals surface area contributed by atoms with Gasteiger partial charge in [0.1, 0.15) is 18.1 Å². The molecule has 5 rings (SSSR count). The second-order valence-electron chi connectivity index (χ2n) is 8.30. The second kappa shape index (κ2) is 8.49. The summed E-state index contributed by atoms with van der Waals surface area (Å²) in [5.74, 6) is -0.931. The third-order valence-corrected chi connectivity index (χ3v) is 6.07. The monoisotopic (exact) mass is 485 g/mol. The molecule has 0 unspecified atom stereocenters. The minimum Gasteiger partial charge on any atom is -0.478 e. The SMILES string of the molecule is Cc1ccc(CN2COc3ccc4c(=O)c(-c5ccc(Cl)cc5)c(C(F)(F)F)oc4c3C2)cc1. The molecule has 0 spiro atoms. The van der Waals surface area contributed by atoms with Crippen LogP contribution in [0.15, 0.2) is 69.9 Å². The lowest BCUT2D eigenvalue weighted by molar-refractivity contribution is -0.152. The van der Waals surface area contributed by atoms with Gasteiger partial charge in [0.25, 0.3) is 0 Å². The molecule has 1 aromatic heterocycles. The summed E-state index contributed by atoms with van der Waals surface area (Å²) in [7, 11) is 0. The van der Waals surface area contributed by atoms with E-state index < -0.39 is 22.9 Å². The normalized spacial score (nSPS) is 14.1. The summed E-state index contributed by atoms with van der Waals surface area (Å²) < 4.78 is 53.4. The predicted molar refractivity (Wildman–Crippen MR) is 124 cm³/mol. The number of alkyl halides is 3. The van der Waals surface area contributed by atoms with E-state index in [9.17, 15) is 18.0 Å². The van der Waals surface area contributed by atoms with Crippen LogP contribution < -0.4 is 10.2 Å². The van der Waals surface area contributed by atoms with Crippen LogP contribution in [-0.4, -0.2) is 11.6 Å². The van der Waals surface area contributed by atoms with Crippen LogP contribution in [0, 0.1) is 6.92 Å². The summed E-state index contributed by atoms with van der Waals surface area (Å²) >= 11 is 5.88. The third-order valence-electron chi connectivity index (χ3n) is 5.82. The molecule has 0 N–H and O–H groups in total. The number of fused-ring (bicyclic) bond motifs is 3. The number of hydrogen-bond donors (Lipinski definition) is 0. The zero-order chi connectivity index (χ0) is 24.0. The Hall–Kier alpha value is -3.29. The number of nitrogens with zero attached hydrogens (tertiary/aromatic N) is 1. The zero-order valence-electron chi connectivity index (χ0n) is 18.1. The first-order valence-electron chi connectivity index (χ1n) is 10.6. The van der Waals surface area contributed by atoms with Gasteiger partial charge in [-0.25, -0.2) is 0 Å². The molecule has 0 saturated carbocycles. The van der Waals surface area contributed by atoms with Crippen LogP contribution in [0.2, 0.25) is 5.02 Å². The van der Waals surface area contributed by atoms with E-state index in [4.69, 9.17) is 20.8 Å². The van der Waals surface area contributed by atoms with Gasteiger partial charge in [0.15, 0.2) is 0 Å². The highest BCUT2D eigenvalue weighted by atomic mass is 35.5. The largest absolute Gasteiger partial charge is 0.478 e. The Labute approximate surface area is 198 Å². The van der Waals surface area contributed by atoms with Crippen LogP contribution in [0.4, 0.5) is 13.2 Å². The van der Waals surface area contributed by atoms with Crippen LogP contribution in [0.5, 0.6) is 5.75 Å². The van der Waals surface area contributed by atoms with E-state index in [1.54, 1.807) is 6.07 Å². The van der Waals surface area contributed by atoms with Gasteiger partial charge in [0, 0.05) is 18.1 Å². The summed E-state index contributed by atoms with van der Waals surface area (Å²) in [6.45, 7) is 3.08. The van der Waals surface area contributed by atoms with Gasteiger partial charge in [-0.3, -0.25) is 9.69 Å². The van der Waals surface area contributed by atoms with Gasteiger partial charge >= 0.3 is 6.18 Å². The molecule has 0 fully saturated rings. The molecule has 3 aromatic carbocycles. The summed E-state index contributed by atoms with van der Waals surface area (Å²) in [5, 5.41) is 0.417. The Morgan fingerprint density at radius 2 is 1.71 bits per heavy atom. The van der Waals surface area contributed by atoms with Crippen LogP contribution in [0.25, 0.3) is 22.1 Å². The smallest absolute Gasteiger partial charge is 0.450 e. The molecule has 0 amide bonds. The fourth-order valence-electron chi connectivity index (χ4n) is 4.14. The Morgan fingerprint density at radius 3 is 2.38 bits per heavy atom. The van der Waals surface area contributed by atoms with Crippen LogP contribution >= 0.6 is 11.6 Å². The zero-order valence-corrected chi connectivity index (χ0v) is 18.8. The van der Waals surface area contributed by atoms with E-state index >= 15 is 0 Å². The first-order valence-corrected chi connectivity index (χ1v) is 10.9. The molecule has 174 valence electrons. The lowest BCUT2D eigenvalue weighted by Crippen LogP contribution is -2.32. The number of hydrogen-bond acceptors (Lipinski definition) is 4. The molecule has 1 aliphatic rings. The van der Waals surface area contributed by atoms with Crippen LogP contribution in [0.1, 0.15) is 22.5 Å². The van der Waals surface area contributed by atoms with Crippen molar-refractivity contribution in [3.05, 3.63) is 98.4 Å². The van der Waals surface area contributed by atoms with Gasteiger partial charge in [-0.15, -0.1) is 0 Å². The molecular weight excluding hydrogens is 467 g/mol. The molecule has 2 heterocycles. The fraction of sp³-hybridized carbons (Fsp3) is 0.192. The molecule has 4 aromatic rings. The number of ether oxygens (including phenoxy) is 1. The average Bonchev–Trinajstić information content (AvgIpc) is 2.80. The van der Waals surface area contributed by atoms with Crippen molar-refractivity contribution in [1.82, 2.24) is 4.90 Å². The quantitative estimate of drug-likeness (QED) is 0.320. The molecule has 0 bridgehead atoms. The highest BCUT2D eigenvalue weighted by molar-refractivity contribution is 6.30. The van der Waals surface area contributed by atoms with E-state index in [0.717, 1.165) is 11.1 Å². The molecule has 0 saturated heterocycles. The maximum absolute atomic E-state index is 14.0. The van der Waals surface area contributed by atoms with Crippen molar-refractivity contribution in [1.29, 1.82) is 0 Å². The van der Waals surface area contributed by atoms with Crippen molar-refractivity contribution < 1.29 is 22.3 Å². The topological polar surface area (TPSA) is 42.7 Å². The Morgan fingerprint density at radius 1 is 1.00 bits per heavy atom. The molecule has 34 heavy (non-hydrogen) atoms. The van der Waals surface area contributed by atoms with E-state index in [1.807, 2.05) is 36.1 Å². The molecular formula is C26H19ClF3NO3. The van der Waals surface area contributed by atoms with E-state index in [-0.39, 0.29) is 29.8 Å². The predicted octanol–water partition coefficient (Wildman–Crippen LogP) is 6.79. The maximum atomic E-state index is 14.0. The van der Waals surface area contributed by atoms with Crippen molar-refractivity contribution in [2.45, 2.75) is 26.2 Å². The average molecular weight is 486 g/mol. The molecule has 8 heteroatoms. The van der Waals surface area contributed by atoms with Crippen LogP contribution in [-0.2, 0) is 19.3 Å². The van der Waals surface area contributed by atoms with Crippen LogP contribution in [0.3, 0.4) is 0 Å². The number of benzene rings is 3. The maximum Gasteiger partial charge on any atom is 0.450 e. The van der Waals surface area contributed by atoms with E-state index in [1.165, 1.54) is 30.3 Å². The lowest BCUT2D eigenvalue weighted by atomic mass is 9.99. The Kier molecular flexibility index (Phi) is 5.62. The van der Waals surface area contributed by atoms with Crippen molar-refractivity contribution >= 4 is 22.6 Å². The molecule has 1 aliphatic heterocycles. The number of aryl methyl sites for hydroxylation is 1. The number of halogens is 4. The third kappa shape index (κ3) is 4.17.